The second kappa shape index (κ2) is 11.3. The molecule has 2 fully saturated rings. The molecule has 5 rings (SSSR count). The van der Waals surface area contributed by atoms with E-state index < -0.39 is 26.2 Å². The summed E-state index contributed by atoms with van der Waals surface area (Å²) in [5, 5.41) is 12.2. The van der Waals surface area contributed by atoms with Crippen LogP contribution in [0.1, 0.15) is 156 Å². The van der Waals surface area contributed by atoms with Crippen molar-refractivity contribution in [3.63, 3.8) is 0 Å². The van der Waals surface area contributed by atoms with Crippen LogP contribution >= 0.6 is 0 Å². The largest absolute Gasteiger partial charge is 0.416 e. The van der Waals surface area contributed by atoms with Crippen LogP contribution in [0.2, 0.25) is 18.1 Å². The van der Waals surface area contributed by atoms with E-state index in [1.165, 1.54) is 23.3 Å². The van der Waals surface area contributed by atoms with Crippen molar-refractivity contribution < 1.29 is 22.7 Å². The highest BCUT2D eigenvalue weighted by atomic mass is 28.4. The monoisotopic (exact) mass is 601 g/mol. The highest BCUT2D eigenvalue weighted by molar-refractivity contribution is 6.74. The van der Waals surface area contributed by atoms with E-state index in [4.69, 9.17) is 9.41 Å². The van der Waals surface area contributed by atoms with E-state index in [0.29, 0.717) is 11.5 Å². The first kappa shape index (κ1) is 31.7. The van der Waals surface area contributed by atoms with E-state index in [1.54, 1.807) is 0 Å². The highest BCUT2D eigenvalue weighted by Gasteiger charge is 2.46. The van der Waals surface area contributed by atoms with Gasteiger partial charge in [0.25, 0.3) is 0 Å². The minimum absolute atomic E-state index is 0.0283. The molecule has 232 valence electrons. The minimum Gasteiger partial charge on any atom is -0.410 e. The zero-order valence-corrected chi connectivity index (χ0v) is 27.6. The van der Waals surface area contributed by atoms with Gasteiger partial charge in [0.1, 0.15) is 6.10 Å². The van der Waals surface area contributed by atoms with Crippen molar-refractivity contribution in [2.24, 2.45) is 5.41 Å². The van der Waals surface area contributed by atoms with Crippen LogP contribution in [0.25, 0.3) is 0 Å². The maximum Gasteiger partial charge on any atom is 0.416 e. The van der Waals surface area contributed by atoms with Crippen molar-refractivity contribution in [2.45, 2.75) is 147 Å². The molecule has 2 saturated carbocycles. The van der Waals surface area contributed by atoms with Crippen molar-refractivity contribution in [3.8, 4) is 0 Å². The zero-order valence-electron chi connectivity index (χ0n) is 26.6. The molecular formula is C35H50F3NO2Si. The molecule has 0 spiro atoms. The number of aliphatic hydroxyl groups is 1. The van der Waals surface area contributed by atoms with Gasteiger partial charge in [-0.05, 0) is 91.2 Å². The van der Waals surface area contributed by atoms with Crippen LogP contribution in [0.4, 0.5) is 13.2 Å². The molecule has 1 aromatic heterocycles. The molecule has 42 heavy (non-hydrogen) atoms. The average Bonchev–Trinajstić information content (AvgIpc) is 3.60. The molecule has 1 N–H and O–H groups in total. The lowest BCUT2D eigenvalue weighted by Crippen LogP contribution is -2.44. The molecule has 3 aliphatic rings. The maximum atomic E-state index is 13.4. The predicted octanol–water partition coefficient (Wildman–Crippen LogP) is 10.5. The van der Waals surface area contributed by atoms with Gasteiger partial charge in [-0.2, -0.15) is 13.2 Å². The summed E-state index contributed by atoms with van der Waals surface area (Å²) < 4.78 is 47.5. The Morgan fingerprint density at radius 3 is 1.98 bits per heavy atom. The molecule has 0 bridgehead atoms. The van der Waals surface area contributed by atoms with Gasteiger partial charge in [0.15, 0.2) is 8.32 Å². The summed E-state index contributed by atoms with van der Waals surface area (Å²) in [6, 6.07) is 5.11. The number of alkyl halides is 3. The molecule has 0 unspecified atom stereocenters. The fraction of sp³-hybridized carbons (Fsp3) is 0.686. The Hall–Kier alpha value is -1.70. The van der Waals surface area contributed by atoms with Gasteiger partial charge >= 0.3 is 6.18 Å². The summed E-state index contributed by atoms with van der Waals surface area (Å²) in [7, 11) is -2.15. The van der Waals surface area contributed by atoms with E-state index in [-0.39, 0.29) is 22.5 Å². The maximum absolute atomic E-state index is 13.4. The van der Waals surface area contributed by atoms with Crippen molar-refractivity contribution in [3.05, 3.63) is 63.5 Å². The molecule has 1 heterocycles. The number of rotatable bonds is 6. The number of aliphatic hydroxyl groups excluding tert-OH is 1. The van der Waals surface area contributed by atoms with Crippen LogP contribution in [-0.4, -0.2) is 18.4 Å². The number of hydrogen-bond donors (Lipinski definition) is 1. The predicted molar refractivity (Wildman–Crippen MR) is 165 cm³/mol. The van der Waals surface area contributed by atoms with Crippen LogP contribution in [0, 0.1) is 5.41 Å². The van der Waals surface area contributed by atoms with Crippen LogP contribution < -0.4 is 0 Å². The Labute approximate surface area is 251 Å². The number of hydrogen-bond acceptors (Lipinski definition) is 3. The SMILES string of the molecule is CC1(C)Cc2nc(C3CCCC3)c([C@@H](O)c3ccc(C(F)(F)F)cc3)c(C3CCCC3)c2[C@@H](O[Si](C)(C)C(C)(C)C)C1. The van der Waals surface area contributed by atoms with Crippen molar-refractivity contribution in [1.29, 1.82) is 0 Å². The Morgan fingerprint density at radius 2 is 1.45 bits per heavy atom. The van der Waals surface area contributed by atoms with Crippen molar-refractivity contribution >= 4 is 8.32 Å². The standard InChI is InChI=1S/C35H50F3NO2Si/c1-33(2,3)42(6,7)41-27-21-34(4,5)20-26-29(27)28(22-12-8-9-13-22)30(31(39-26)23-14-10-11-15-23)32(40)24-16-18-25(19-17-24)35(36,37)38/h16-19,22-23,27,32,40H,8-15,20-21H2,1-7H3/t27-,32-/m0/s1. The zero-order chi connectivity index (χ0) is 30.7. The summed E-state index contributed by atoms with van der Waals surface area (Å²) in [6.07, 6.45) is 4.99. The van der Waals surface area contributed by atoms with Gasteiger partial charge in [-0.1, -0.05) is 72.4 Å². The van der Waals surface area contributed by atoms with Gasteiger partial charge in [0, 0.05) is 22.7 Å². The molecule has 2 aromatic rings. The fourth-order valence-electron chi connectivity index (χ4n) is 7.43. The first-order valence-corrected chi connectivity index (χ1v) is 19.0. The summed E-state index contributed by atoms with van der Waals surface area (Å²) in [4.78, 5) is 5.46. The first-order chi connectivity index (χ1) is 19.5. The summed E-state index contributed by atoms with van der Waals surface area (Å²) in [5.41, 5.74) is 5.22. The quantitative estimate of drug-likeness (QED) is 0.335. The number of nitrogens with zero attached hydrogens (tertiary/aromatic N) is 1. The summed E-state index contributed by atoms with van der Waals surface area (Å²) >= 11 is 0. The second-order valence-electron chi connectivity index (χ2n) is 15.6. The number of fused-ring (bicyclic) bond motifs is 1. The van der Waals surface area contributed by atoms with Gasteiger partial charge in [-0.25, -0.2) is 0 Å². The lowest BCUT2D eigenvalue weighted by atomic mass is 9.70. The van der Waals surface area contributed by atoms with Crippen LogP contribution in [0.15, 0.2) is 24.3 Å². The molecule has 0 aliphatic heterocycles. The van der Waals surface area contributed by atoms with E-state index in [0.717, 1.165) is 93.3 Å². The molecular weight excluding hydrogens is 551 g/mol. The summed E-state index contributed by atoms with van der Waals surface area (Å²) in [6.45, 7) is 16.1. The van der Waals surface area contributed by atoms with Gasteiger partial charge in [0.05, 0.1) is 17.4 Å². The van der Waals surface area contributed by atoms with Crippen LogP contribution in [0.5, 0.6) is 0 Å². The first-order valence-electron chi connectivity index (χ1n) is 16.1. The summed E-state index contributed by atoms with van der Waals surface area (Å²) in [5.74, 6) is 0.562. The van der Waals surface area contributed by atoms with Crippen LogP contribution in [-0.2, 0) is 17.0 Å². The minimum atomic E-state index is -4.41. The highest BCUT2D eigenvalue weighted by Crippen LogP contribution is 2.54. The third-order valence-electron chi connectivity index (χ3n) is 10.7. The van der Waals surface area contributed by atoms with Crippen molar-refractivity contribution in [2.75, 3.05) is 0 Å². The molecule has 7 heteroatoms. The van der Waals surface area contributed by atoms with Gasteiger partial charge in [-0.15, -0.1) is 0 Å². The number of pyridine rings is 1. The average molecular weight is 602 g/mol. The lowest BCUT2D eigenvalue weighted by molar-refractivity contribution is -0.137. The molecule has 0 amide bonds. The molecule has 3 nitrogen and oxygen atoms in total. The Morgan fingerprint density at radius 1 is 0.905 bits per heavy atom. The van der Waals surface area contributed by atoms with E-state index >= 15 is 0 Å². The third-order valence-corrected chi connectivity index (χ3v) is 15.2. The van der Waals surface area contributed by atoms with E-state index in [9.17, 15) is 18.3 Å². The topological polar surface area (TPSA) is 42.4 Å². The normalized spacial score (nSPS) is 22.9. The molecule has 3 aliphatic carbocycles. The lowest BCUT2D eigenvalue weighted by Gasteiger charge is -2.45. The second-order valence-corrected chi connectivity index (χ2v) is 20.3. The molecule has 0 radical (unpaired) electrons. The van der Waals surface area contributed by atoms with Gasteiger partial charge < -0.3 is 9.53 Å². The smallest absolute Gasteiger partial charge is 0.410 e. The molecule has 0 saturated heterocycles. The van der Waals surface area contributed by atoms with Gasteiger partial charge in [0.2, 0.25) is 0 Å². The van der Waals surface area contributed by atoms with E-state index in [2.05, 4.69) is 47.7 Å². The van der Waals surface area contributed by atoms with Gasteiger partial charge in [-0.3, -0.25) is 4.98 Å². The fourth-order valence-corrected chi connectivity index (χ4v) is 8.70. The van der Waals surface area contributed by atoms with Crippen molar-refractivity contribution in [1.82, 2.24) is 4.98 Å². The Kier molecular flexibility index (Phi) is 8.56. The Bertz CT molecular complexity index is 1270. The van der Waals surface area contributed by atoms with Crippen LogP contribution in [0.3, 0.4) is 0 Å². The molecule has 2 atom stereocenters. The molecule has 1 aromatic carbocycles. The number of aromatic nitrogens is 1. The van der Waals surface area contributed by atoms with E-state index in [1.807, 2.05) is 0 Å². The Balaban J connectivity index is 1.74. The number of benzene rings is 1. The third kappa shape index (κ3) is 6.25. The number of halogens is 3.